The fourth-order valence-corrected chi connectivity index (χ4v) is 0.925. The van der Waals surface area contributed by atoms with Gasteiger partial charge < -0.3 is 14.6 Å². The Morgan fingerprint density at radius 2 is 2.06 bits per heavy atom. The van der Waals surface area contributed by atoms with Gasteiger partial charge in [0.1, 0.15) is 18.6 Å². The maximum absolute atomic E-state index is 10.8. The van der Waals surface area contributed by atoms with Gasteiger partial charge in [-0.3, -0.25) is 0 Å². The van der Waals surface area contributed by atoms with Gasteiger partial charge in [-0.05, 0) is 12.1 Å². The lowest BCUT2D eigenvalue weighted by atomic mass is 10.3. The molecule has 0 saturated carbocycles. The molecule has 1 aromatic carbocycles. The Morgan fingerprint density at radius 3 is 2.62 bits per heavy atom. The molecule has 1 N–H and O–H groups in total. The quantitative estimate of drug-likeness (QED) is 0.345. The van der Waals surface area contributed by atoms with Crippen molar-refractivity contribution in [2.24, 2.45) is 0 Å². The third-order valence-electron chi connectivity index (χ3n) is 1.59. The van der Waals surface area contributed by atoms with Crippen molar-refractivity contribution in [3.8, 4) is 5.75 Å². The van der Waals surface area contributed by atoms with Crippen LogP contribution in [0.2, 0.25) is 0 Å². The maximum atomic E-state index is 10.8. The van der Waals surface area contributed by atoms with Gasteiger partial charge in [0, 0.05) is 0 Å². The Bertz CT molecular complexity index is 381. The van der Waals surface area contributed by atoms with E-state index in [9.17, 15) is 4.79 Å². The van der Waals surface area contributed by atoms with Crippen molar-refractivity contribution >= 4 is 5.97 Å². The highest BCUT2D eigenvalue weighted by atomic mass is 16.5. The summed E-state index contributed by atoms with van der Waals surface area (Å²) in [4.78, 5) is 10.8. The monoisotopic (exact) mass is 220 g/mol. The summed E-state index contributed by atoms with van der Waals surface area (Å²) in [7, 11) is 0. The van der Waals surface area contributed by atoms with Gasteiger partial charge in [0.05, 0.1) is 0 Å². The minimum Gasteiger partial charge on any atom is -0.493 e. The maximum Gasteiger partial charge on any atom is 0.375 e. The van der Waals surface area contributed by atoms with Crippen molar-refractivity contribution < 1.29 is 19.4 Å². The Labute approximate surface area is 93.4 Å². The van der Waals surface area contributed by atoms with E-state index in [1.54, 1.807) is 24.3 Å². The molecule has 0 radical (unpaired) electrons. The van der Waals surface area contributed by atoms with Crippen molar-refractivity contribution in [1.82, 2.24) is 0 Å². The van der Waals surface area contributed by atoms with Crippen LogP contribution < -0.4 is 4.74 Å². The number of para-hydroxylation sites is 1. The summed E-state index contributed by atoms with van der Waals surface area (Å²) in [6.07, 6.45) is 2.56. The molecule has 0 aliphatic carbocycles. The Morgan fingerprint density at radius 1 is 1.38 bits per heavy atom. The van der Waals surface area contributed by atoms with E-state index in [0.29, 0.717) is 5.75 Å². The molecule has 16 heavy (non-hydrogen) atoms. The number of ether oxygens (including phenoxy) is 2. The summed E-state index contributed by atoms with van der Waals surface area (Å²) in [6, 6.07) is 8.62. The van der Waals surface area contributed by atoms with Crippen molar-refractivity contribution in [3.05, 3.63) is 55.0 Å². The largest absolute Gasteiger partial charge is 0.493 e. The fraction of sp³-hybridized carbons (Fsp3) is 0.0833. The molecular weight excluding hydrogens is 208 g/mol. The third kappa shape index (κ3) is 3.88. The minimum absolute atomic E-state index is 0.231. The van der Waals surface area contributed by atoms with Gasteiger partial charge in [-0.2, -0.15) is 0 Å². The highest BCUT2D eigenvalue weighted by Gasteiger charge is 2.10. The third-order valence-corrected chi connectivity index (χ3v) is 1.59. The minimum atomic E-state index is -1.19. The summed E-state index contributed by atoms with van der Waals surface area (Å²) >= 11 is 0. The second-order valence-corrected chi connectivity index (χ2v) is 2.82. The molecule has 0 fully saturated rings. The van der Waals surface area contributed by atoms with Gasteiger partial charge >= 0.3 is 5.97 Å². The lowest BCUT2D eigenvalue weighted by Gasteiger charge is -2.05. The zero-order valence-corrected chi connectivity index (χ0v) is 8.63. The first-order chi connectivity index (χ1) is 7.74. The zero-order chi connectivity index (χ0) is 11.8. The average Bonchev–Trinajstić information content (AvgIpc) is 2.29. The van der Waals surface area contributed by atoms with E-state index in [1.165, 1.54) is 6.08 Å². The molecule has 0 heterocycles. The number of carboxylic acids is 1. The molecule has 0 spiro atoms. The molecule has 0 unspecified atom stereocenters. The van der Waals surface area contributed by atoms with Crippen molar-refractivity contribution in [2.45, 2.75) is 0 Å². The second kappa shape index (κ2) is 6.29. The summed E-state index contributed by atoms with van der Waals surface area (Å²) in [5, 5.41) is 8.83. The molecule has 0 aromatic heterocycles. The van der Waals surface area contributed by atoms with E-state index in [0.717, 1.165) is 6.26 Å². The molecule has 0 atom stereocenters. The summed E-state index contributed by atoms with van der Waals surface area (Å²) in [5.74, 6) is -1.01. The first-order valence-corrected chi connectivity index (χ1v) is 4.63. The predicted octanol–water partition coefficient (Wildman–Crippen LogP) is 2.19. The van der Waals surface area contributed by atoms with Crippen molar-refractivity contribution in [1.29, 1.82) is 0 Å². The van der Waals surface area contributed by atoms with Crippen LogP contribution >= 0.6 is 0 Å². The Hall–Kier alpha value is -2.23. The van der Waals surface area contributed by atoms with Crippen molar-refractivity contribution in [3.63, 3.8) is 0 Å². The zero-order valence-electron chi connectivity index (χ0n) is 8.63. The number of aliphatic carboxylic acids is 1. The first kappa shape index (κ1) is 11.8. The smallest absolute Gasteiger partial charge is 0.375 e. The molecule has 0 saturated heterocycles. The van der Waals surface area contributed by atoms with E-state index < -0.39 is 5.97 Å². The second-order valence-electron chi connectivity index (χ2n) is 2.82. The van der Waals surface area contributed by atoms with Crippen LogP contribution in [0.1, 0.15) is 0 Å². The van der Waals surface area contributed by atoms with Gasteiger partial charge in [-0.15, -0.1) is 0 Å². The van der Waals surface area contributed by atoms with E-state index in [-0.39, 0.29) is 12.4 Å². The lowest BCUT2D eigenvalue weighted by molar-refractivity contribution is -0.135. The van der Waals surface area contributed by atoms with Crippen LogP contribution in [0.5, 0.6) is 5.75 Å². The van der Waals surface area contributed by atoms with Crippen LogP contribution in [0.3, 0.4) is 0 Å². The van der Waals surface area contributed by atoms with Crippen molar-refractivity contribution in [2.75, 3.05) is 6.61 Å². The van der Waals surface area contributed by atoms with E-state index in [4.69, 9.17) is 14.6 Å². The standard InChI is InChI=1S/C12H12O4/c1-2-8-15-9-11(12(13)14)16-10-6-4-3-5-7-10/h2-7,9H,1,8H2,(H,13,14). The van der Waals surface area contributed by atoms with E-state index in [1.807, 2.05) is 6.07 Å². The number of carbonyl (C=O) groups is 1. The van der Waals surface area contributed by atoms with E-state index >= 15 is 0 Å². The van der Waals surface area contributed by atoms with Crippen LogP contribution in [0.15, 0.2) is 55.0 Å². The molecular formula is C12H12O4. The van der Waals surface area contributed by atoms with Gasteiger partial charge in [0.2, 0.25) is 5.76 Å². The van der Waals surface area contributed by atoms with Gasteiger partial charge in [-0.1, -0.05) is 30.9 Å². The molecule has 1 rings (SSSR count). The molecule has 0 aliphatic rings. The number of hydrogen-bond donors (Lipinski definition) is 1. The van der Waals surface area contributed by atoms with Gasteiger partial charge in [-0.25, -0.2) is 4.79 Å². The summed E-state index contributed by atoms with van der Waals surface area (Å²) in [6.45, 7) is 3.67. The first-order valence-electron chi connectivity index (χ1n) is 4.63. The Kier molecular flexibility index (Phi) is 4.66. The SMILES string of the molecule is C=CCOC=C(Oc1ccccc1)C(=O)O. The molecule has 0 aliphatic heterocycles. The molecule has 84 valence electrons. The van der Waals surface area contributed by atoms with Gasteiger partial charge in [0.25, 0.3) is 0 Å². The Balaban J connectivity index is 2.68. The fourth-order valence-electron chi connectivity index (χ4n) is 0.925. The van der Waals surface area contributed by atoms with Gasteiger partial charge in [0.15, 0.2) is 0 Å². The van der Waals surface area contributed by atoms with Crippen LogP contribution in [0.25, 0.3) is 0 Å². The number of hydrogen-bond acceptors (Lipinski definition) is 3. The number of benzene rings is 1. The normalized spacial score (nSPS) is 10.6. The van der Waals surface area contributed by atoms with Crippen LogP contribution in [0.4, 0.5) is 0 Å². The molecule has 1 aromatic rings. The summed E-state index contributed by atoms with van der Waals surface area (Å²) in [5.41, 5.74) is 0. The lowest BCUT2D eigenvalue weighted by Crippen LogP contribution is -2.08. The summed E-state index contributed by atoms with van der Waals surface area (Å²) < 4.78 is 10.0. The van der Waals surface area contributed by atoms with Crippen LogP contribution in [0, 0.1) is 0 Å². The van der Waals surface area contributed by atoms with Crippen LogP contribution in [-0.2, 0) is 9.53 Å². The average molecular weight is 220 g/mol. The highest BCUT2D eigenvalue weighted by Crippen LogP contribution is 2.12. The topological polar surface area (TPSA) is 55.8 Å². The van der Waals surface area contributed by atoms with Crippen LogP contribution in [-0.4, -0.2) is 17.7 Å². The predicted molar refractivity (Wildman–Crippen MR) is 58.9 cm³/mol. The highest BCUT2D eigenvalue weighted by molar-refractivity contribution is 5.84. The number of carboxylic acid groups (broad SMARTS) is 1. The van der Waals surface area contributed by atoms with E-state index in [2.05, 4.69) is 6.58 Å². The molecule has 0 bridgehead atoms. The molecule has 0 amide bonds. The molecule has 4 nitrogen and oxygen atoms in total. The molecule has 4 heteroatoms. The number of rotatable bonds is 6.